The van der Waals surface area contributed by atoms with Crippen molar-refractivity contribution >= 4 is 5.91 Å². The lowest BCUT2D eigenvalue weighted by atomic mass is 9.96. The number of carbonyl (C=O) groups is 1. The van der Waals surface area contributed by atoms with Crippen LogP contribution in [0.25, 0.3) is 0 Å². The fourth-order valence-corrected chi connectivity index (χ4v) is 3.31. The second-order valence-corrected chi connectivity index (χ2v) is 6.38. The van der Waals surface area contributed by atoms with E-state index in [2.05, 4.69) is 10.4 Å². The van der Waals surface area contributed by atoms with Crippen LogP contribution in [0.4, 0.5) is 0 Å². The highest BCUT2D eigenvalue weighted by Gasteiger charge is 2.42. The van der Waals surface area contributed by atoms with Gasteiger partial charge in [0.15, 0.2) is 0 Å². The lowest BCUT2D eigenvalue weighted by Gasteiger charge is -2.21. The van der Waals surface area contributed by atoms with Gasteiger partial charge in [-0.3, -0.25) is 9.48 Å². The van der Waals surface area contributed by atoms with Crippen LogP contribution in [-0.2, 0) is 4.74 Å². The minimum absolute atomic E-state index is 0.0412. The van der Waals surface area contributed by atoms with E-state index in [0.29, 0.717) is 12.2 Å². The highest BCUT2D eigenvalue weighted by Crippen LogP contribution is 2.40. The summed E-state index contributed by atoms with van der Waals surface area (Å²) in [5.41, 5.74) is 0.686. The van der Waals surface area contributed by atoms with Crippen LogP contribution in [-0.4, -0.2) is 33.9 Å². The first kappa shape index (κ1) is 13.6. The highest BCUT2D eigenvalue weighted by molar-refractivity contribution is 5.93. The second kappa shape index (κ2) is 5.20. The lowest BCUT2D eigenvalue weighted by Crippen LogP contribution is -2.36. The number of nitrogens with one attached hydrogen (secondary N) is 1. The topological polar surface area (TPSA) is 56.2 Å². The summed E-state index contributed by atoms with van der Waals surface area (Å²) < 4.78 is 7.76. The molecular formula is C15H23N3O2. The molecule has 20 heavy (non-hydrogen) atoms. The monoisotopic (exact) mass is 277 g/mol. The average molecular weight is 277 g/mol. The molecule has 0 bridgehead atoms. The molecular weight excluding hydrogens is 254 g/mol. The van der Waals surface area contributed by atoms with Crippen molar-refractivity contribution in [3.63, 3.8) is 0 Å². The summed E-state index contributed by atoms with van der Waals surface area (Å²) >= 11 is 0. The van der Waals surface area contributed by atoms with E-state index in [1.165, 1.54) is 12.8 Å². The van der Waals surface area contributed by atoms with Crippen LogP contribution in [0.5, 0.6) is 0 Å². The van der Waals surface area contributed by atoms with Gasteiger partial charge in [0.2, 0.25) is 0 Å². The molecule has 1 aromatic rings. The first-order valence-electron chi connectivity index (χ1n) is 7.57. The van der Waals surface area contributed by atoms with Gasteiger partial charge in [0.05, 0.1) is 30.0 Å². The van der Waals surface area contributed by atoms with Gasteiger partial charge < -0.3 is 10.1 Å². The van der Waals surface area contributed by atoms with Crippen molar-refractivity contribution in [1.29, 1.82) is 0 Å². The van der Waals surface area contributed by atoms with Gasteiger partial charge in [-0.05, 0) is 33.1 Å². The third-order valence-electron chi connectivity index (χ3n) is 4.45. The van der Waals surface area contributed by atoms with Gasteiger partial charge in [-0.25, -0.2) is 0 Å². The van der Waals surface area contributed by atoms with Crippen molar-refractivity contribution in [3.8, 4) is 0 Å². The van der Waals surface area contributed by atoms with Crippen molar-refractivity contribution in [3.05, 3.63) is 18.0 Å². The smallest absolute Gasteiger partial charge is 0.254 e. The van der Waals surface area contributed by atoms with Gasteiger partial charge in [0.1, 0.15) is 0 Å². The number of hydrogen-bond acceptors (Lipinski definition) is 3. The third kappa shape index (κ3) is 2.59. The Morgan fingerprint density at radius 3 is 2.90 bits per heavy atom. The van der Waals surface area contributed by atoms with Crippen LogP contribution < -0.4 is 5.32 Å². The van der Waals surface area contributed by atoms with Crippen LogP contribution in [0, 0.1) is 0 Å². The Labute approximate surface area is 119 Å². The highest BCUT2D eigenvalue weighted by atomic mass is 16.5. The molecule has 1 aliphatic heterocycles. The summed E-state index contributed by atoms with van der Waals surface area (Å²) in [4.78, 5) is 12.2. The van der Waals surface area contributed by atoms with E-state index in [4.69, 9.17) is 4.74 Å². The molecule has 1 aliphatic carbocycles. The number of nitrogens with zero attached hydrogens (tertiary/aromatic N) is 2. The Morgan fingerprint density at radius 2 is 2.25 bits per heavy atom. The zero-order chi connectivity index (χ0) is 14.2. The van der Waals surface area contributed by atoms with Gasteiger partial charge in [0, 0.05) is 12.2 Å². The SMILES string of the molecule is CC(C)n1cc(C(=O)N[C@H]2COC3(CCCC3)C2)cn1. The number of aromatic nitrogens is 2. The van der Waals surface area contributed by atoms with Gasteiger partial charge in [-0.2, -0.15) is 5.10 Å². The van der Waals surface area contributed by atoms with E-state index < -0.39 is 0 Å². The van der Waals surface area contributed by atoms with E-state index in [1.807, 2.05) is 13.8 Å². The largest absolute Gasteiger partial charge is 0.373 e. The Balaban J connectivity index is 1.59. The van der Waals surface area contributed by atoms with Gasteiger partial charge in [0.25, 0.3) is 5.91 Å². The molecule has 2 aliphatic rings. The van der Waals surface area contributed by atoms with Crippen molar-refractivity contribution in [1.82, 2.24) is 15.1 Å². The summed E-state index contributed by atoms with van der Waals surface area (Å²) in [6, 6.07) is 0.413. The van der Waals surface area contributed by atoms with Crippen LogP contribution in [0.1, 0.15) is 62.4 Å². The summed E-state index contributed by atoms with van der Waals surface area (Å²) in [5, 5.41) is 7.29. The molecule has 3 rings (SSSR count). The molecule has 1 atom stereocenters. The third-order valence-corrected chi connectivity index (χ3v) is 4.45. The fraction of sp³-hybridized carbons (Fsp3) is 0.733. The van der Waals surface area contributed by atoms with Crippen molar-refractivity contribution < 1.29 is 9.53 Å². The Kier molecular flexibility index (Phi) is 3.54. The number of rotatable bonds is 3. The maximum Gasteiger partial charge on any atom is 0.254 e. The normalized spacial score (nSPS) is 24.6. The summed E-state index contributed by atoms with van der Waals surface area (Å²) in [6.45, 7) is 4.73. The molecule has 0 radical (unpaired) electrons. The summed E-state index contributed by atoms with van der Waals surface area (Å²) in [5.74, 6) is -0.0412. The quantitative estimate of drug-likeness (QED) is 0.922. The van der Waals surface area contributed by atoms with Crippen LogP contribution in [0.15, 0.2) is 12.4 Å². The molecule has 110 valence electrons. The maximum absolute atomic E-state index is 12.2. The van der Waals surface area contributed by atoms with Crippen molar-refractivity contribution in [2.75, 3.05) is 6.61 Å². The number of hydrogen-bond donors (Lipinski definition) is 1. The fourth-order valence-electron chi connectivity index (χ4n) is 3.31. The molecule has 1 aromatic heterocycles. The summed E-state index contributed by atoms with van der Waals surface area (Å²) in [6.07, 6.45) is 9.19. The van der Waals surface area contributed by atoms with E-state index in [0.717, 1.165) is 19.3 Å². The molecule has 1 saturated heterocycles. The molecule has 2 fully saturated rings. The predicted molar refractivity (Wildman–Crippen MR) is 75.6 cm³/mol. The van der Waals surface area contributed by atoms with Crippen LogP contribution in [0.2, 0.25) is 0 Å². The maximum atomic E-state index is 12.2. The number of carbonyl (C=O) groups excluding carboxylic acids is 1. The molecule has 5 heteroatoms. The van der Waals surface area contributed by atoms with Crippen LogP contribution in [0.3, 0.4) is 0 Å². The van der Waals surface area contributed by atoms with E-state index >= 15 is 0 Å². The number of ether oxygens (including phenoxy) is 1. The second-order valence-electron chi connectivity index (χ2n) is 6.38. The Bertz CT molecular complexity index is 489. The molecule has 1 saturated carbocycles. The van der Waals surface area contributed by atoms with Crippen molar-refractivity contribution in [2.24, 2.45) is 0 Å². The first-order chi connectivity index (χ1) is 9.58. The first-order valence-corrected chi connectivity index (χ1v) is 7.57. The molecule has 0 unspecified atom stereocenters. The molecule has 1 amide bonds. The molecule has 5 nitrogen and oxygen atoms in total. The van der Waals surface area contributed by atoms with E-state index in [9.17, 15) is 4.79 Å². The Hall–Kier alpha value is -1.36. The minimum Gasteiger partial charge on any atom is -0.373 e. The molecule has 1 spiro atoms. The standard InChI is InChI=1S/C15H23N3O2/c1-11(2)18-9-12(8-16-18)14(19)17-13-7-15(20-10-13)5-3-4-6-15/h8-9,11,13H,3-7,10H2,1-2H3,(H,17,19)/t13-/m1/s1. The predicted octanol–water partition coefficient (Wildman–Crippen LogP) is 2.30. The van der Waals surface area contributed by atoms with Crippen LogP contribution >= 0.6 is 0 Å². The van der Waals surface area contributed by atoms with E-state index in [-0.39, 0.29) is 23.6 Å². The average Bonchev–Trinajstić information content (AvgIpc) is 3.13. The Morgan fingerprint density at radius 1 is 1.50 bits per heavy atom. The molecule has 2 heterocycles. The van der Waals surface area contributed by atoms with Gasteiger partial charge in [-0.1, -0.05) is 12.8 Å². The molecule has 1 N–H and O–H groups in total. The minimum atomic E-state index is -0.0412. The lowest BCUT2D eigenvalue weighted by molar-refractivity contribution is 0.00988. The zero-order valence-electron chi connectivity index (χ0n) is 12.3. The number of amides is 1. The summed E-state index contributed by atoms with van der Waals surface area (Å²) in [7, 11) is 0. The molecule has 0 aromatic carbocycles. The van der Waals surface area contributed by atoms with Crippen molar-refractivity contribution in [2.45, 2.75) is 63.6 Å². The van der Waals surface area contributed by atoms with E-state index in [1.54, 1.807) is 17.1 Å². The zero-order valence-corrected chi connectivity index (χ0v) is 12.3. The van der Waals surface area contributed by atoms with Gasteiger partial charge >= 0.3 is 0 Å². The van der Waals surface area contributed by atoms with Gasteiger partial charge in [-0.15, -0.1) is 0 Å².